The van der Waals surface area contributed by atoms with Gasteiger partial charge in [0.15, 0.2) is 17.2 Å². The van der Waals surface area contributed by atoms with Gasteiger partial charge in [0, 0.05) is 12.5 Å². The molecule has 1 amide bonds. The maximum atomic E-state index is 12.0. The second-order valence-corrected chi connectivity index (χ2v) is 5.37. The Balaban J connectivity index is 1.99. The predicted molar refractivity (Wildman–Crippen MR) is 97.4 cm³/mol. The number of rotatable bonds is 7. The van der Waals surface area contributed by atoms with Crippen LogP contribution >= 0.6 is 0 Å². The number of nitro groups is 1. The number of nitrogens with zero attached hydrogens (tertiary/aromatic N) is 4. The molecule has 1 aromatic heterocycles. The van der Waals surface area contributed by atoms with E-state index in [1.807, 2.05) is 0 Å². The van der Waals surface area contributed by atoms with Gasteiger partial charge in [-0.05, 0) is 37.3 Å². The Bertz CT molecular complexity index is 984. The molecule has 0 aliphatic rings. The van der Waals surface area contributed by atoms with Crippen LogP contribution in [0, 0.1) is 10.1 Å². The minimum absolute atomic E-state index is 0.108. The average Bonchev–Trinajstić information content (AvgIpc) is 3.11. The molecule has 0 bridgehead atoms. The summed E-state index contributed by atoms with van der Waals surface area (Å²) in [6.07, 6.45) is 1.13. The van der Waals surface area contributed by atoms with Crippen LogP contribution in [0.3, 0.4) is 0 Å². The molecule has 11 nitrogen and oxygen atoms in total. The van der Waals surface area contributed by atoms with Crippen LogP contribution in [0.2, 0.25) is 0 Å². The Labute approximate surface area is 158 Å². The number of hydrazone groups is 1. The summed E-state index contributed by atoms with van der Waals surface area (Å²) in [5.74, 6) is -1.53. The predicted octanol–water partition coefficient (Wildman–Crippen LogP) is 3.41. The number of hydrogen-bond donors (Lipinski definition) is 2. The molecule has 28 heavy (non-hydrogen) atoms. The van der Waals surface area contributed by atoms with Crippen molar-refractivity contribution < 1.29 is 24.0 Å². The number of allylic oxidation sites excluding steroid dienone is 2. The fourth-order valence-corrected chi connectivity index (χ4v) is 1.91. The van der Waals surface area contributed by atoms with Crippen molar-refractivity contribution >= 4 is 29.5 Å². The highest BCUT2D eigenvalue weighted by atomic mass is 16.6. The minimum Gasteiger partial charge on any atom is -0.510 e. The molecule has 0 saturated heterocycles. The molecule has 0 radical (unpaired) electrons. The Hall–Kier alpha value is -4.15. The van der Waals surface area contributed by atoms with E-state index in [0.717, 1.165) is 6.21 Å². The van der Waals surface area contributed by atoms with E-state index >= 15 is 0 Å². The van der Waals surface area contributed by atoms with Crippen molar-refractivity contribution in [2.24, 2.45) is 15.3 Å². The minimum atomic E-state index is -0.689. The van der Waals surface area contributed by atoms with Crippen LogP contribution < -0.4 is 5.43 Å². The summed E-state index contributed by atoms with van der Waals surface area (Å²) in [4.78, 5) is 33.1. The molecule has 0 spiro atoms. The van der Waals surface area contributed by atoms with Gasteiger partial charge < -0.3 is 9.52 Å². The van der Waals surface area contributed by atoms with Crippen LogP contribution in [-0.4, -0.2) is 27.9 Å². The van der Waals surface area contributed by atoms with E-state index in [4.69, 9.17) is 4.42 Å². The molecule has 0 saturated carbocycles. The van der Waals surface area contributed by atoms with Crippen LogP contribution in [0.15, 0.2) is 67.6 Å². The first-order valence-electron chi connectivity index (χ1n) is 7.78. The number of benzene rings is 1. The van der Waals surface area contributed by atoms with E-state index < -0.39 is 22.5 Å². The van der Waals surface area contributed by atoms with Gasteiger partial charge in [-0.25, -0.2) is 5.43 Å². The molecule has 2 aromatic rings. The van der Waals surface area contributed by atoms with E-state index in [-0.39, 0.29) is 22.8 Å². The number of hydrogen-bond acceptors (Lipinski definition) is 9. The molecule has 144 valence electrons. The van der Waals surface area contributed by atoms with Gasteiger partial charge in [0.2, 0.25) is 0 Å². The summed E-state index contributed by atoms with van der Waals surface area (Å²) in [5.41, 5.74) is 2.72. The van der Waals surface area contributed by atoms with Gasteiger partial charge in [-0.2, -0.15) is 10.2 Å². The second kappa shape index (κ2) is 8.98. The van der Waals surface area contributed by atoms with Crippen molar-refractivity contribution in [1.29, 1.82) is 0 Å². The lowest BCUT2D eigenvalue weighted by molar-refractivity contribution is -0.402. The third kappa shape index (κ3) is 5.42. The molecule has 0 unspecified atom stereocenters. The summed E-state index contributed by atoms with van der Waals surface area (Å²) in [6.45, 7) is 2.58. The number of nitrogens with one attached hydrogen (secondary N) is 1. The van der Waals surface area contributed by atoms with Gasteiger partial charge >= 0.3 is 5.88 Å². The standard InChI is InChI=1S/C17H15N5O6/c1-10(23)16(11(2)24)20-19-13-5-3-12(4-6-13)17(25)21-18-9-14-7-8-15(28-14)22(26)27/h3-9,23H,1-2H3,(H,21,25)/b16-10+,18-9+,20-19?. The van der Waals surface area contributed by atoms with Crippen molar-refractivity contribution in [2.75, 3.05) is 0 Å². The number of carbonyl (C=O) groups excluding carboxylic acids is 2. The molecule has 0 aliphatic heterocycles. The zero-order valence-electron chi connectivity index (χ0n) is 14.8. The summed E-state index contributed by atoms with van der Waals surface area (Å²) in [7, 11) is 0. The zero-order chi connectivity index (χ0) is 20.7. The van der Waals surface area contributed by atoms with Gasteiger partial charge in [0.25, 0.3) is 5.91 Å². The highest BCUT2D eigenvalue weighted by Gasteiger charge is 2.11. The highest BCUT2D eigenvalue weighted by molar-refractivity contribution is 5.95. The first-order chi connectivity index (χ1) is 13.3. The largest absolute Gasteiger partial charge is 0.510 e. The lowest BCUT2D eigenvalue weighted by Crippen LogP contribution is -2.17. The van der Waals surface area contributed by atoms with E-state index in [1.54, 1.807) is 0 Å². The number of aliphatic hydroxyl groups is 1. The molecular formula is C17H15N5O6. The van der Waals surface area contributed by atoms with E-state index in [2.05, 4.69) is 20.8 Å². The fraction of sp³-hybridized carbons (Fsp3) is 0.118. The zero-order valence-corrected chi connectivity index (χ0v) is 14.8. The van der Waals surface area contributed by atoms with E-state index in [9.17, 15) is 24.8 Å². The summed E-state index contributed by atoms with van der Waals surface area (Å²) in [5, 5.41) is 31.1. The first kappa shape index (κ1) is 20.2. The third-order valence-corrected chi connectivity index (χ3v) is 3.22. The average molecular weight is 385 g/mol. The molecule has 2 N–H and O–H groups in total. The van der Waals surface area contributed by atoms with Gasteiger partial charge in [0.1, 0.15) is 10.7 Å². The molecule has 1 aromatic carbocycles. The Kier molecular flexibility index (Phi) is 6.47. The number of Topliss-reactive ketones (excluding diaryl/α,β-unsaturated/α-hetero) is 1. The summed E-state index contributed by atoms with van der Waals surface area (Å²) < 4.78 is 4.86. The molecule has 0 atom stereocenters. The number of carbonyl (C=O) groups is 2. The first-order valence-corrected chi connectivity index (χ1v) is 7.78. The van der Waals surface area contributed by atoms with Crippen LogP contribution in [0.1, 0.15) is 30.0 Å². The lowest BCUT2D eigenvalue weighted by atomic mass is 10.2. The third-order valence-electron chi connectivity index (χ3n) is 3.22. The highest BCUT2D eigenvalue weighted by Crippen LogP contribution is 2.16. The smallest absolute Gasteiger partial charge is 0.433 e. The Morgan fingerprint density at radius 1 is 1.18 bits per heavy atom. The van der Waals surface area contributed by atoms with E-state index in [1.165, 1.54) is 50.2 Å². The second-order valence-electron chi connectivity index (χ2n) is 5.37. The van der Waals surface area contributed by atoms with Gasteiger partial charge in [0.05, 0.1) is 18.0 Å². The molecule has 0 fully saturated rings. The van der Waals surface area contributed by atoms with Crippen molar-refractivity contribution in [3.63, 3.8) is 0 Å². The van der Waals surface area contributed by atoms with Crippen LogP contribution in [0.25, 0.3) is 0 Å². The monoisotopic (exact) mass is 385 g/mol. The Morgan fingerprint density at radius 3 is 2.39 bits per heavy atom. The summed E-state index contributed by atoms with van der Waals surface area (Å²) in [6, 6.07) is 8.40. The van der Waals surface area contributed by atoms with Crippen LogP contribution in [-0.2, 0) is 4.79 Å². The van der Waals surface area contributed by atoms with Crippen molar-refractivity contribution in [2.45, 2.75) is 13.8 Å². The number of amides is 1. The van der Waals surface area contributed by atoms with Crippen molar-refractivity contribution in [1.82, 2.24) is 5.43 Å². The molecular weight excluding hydrogens is 370 g/mol. The lowest BCUT2D eigenvalue weighted by Gasteiger charge is -2.00. The summed E-state index contributed by atoms with van der Waals surface area (Å²) >= 11 is 0. The molecule has 2 rings (SSSR count). The fourth-order valence-electron chi connectivity index (χ4n) is 1.91. The van der Waals surface area contributed by atoms with Crippen molar-refractivity contribution in [3.8, 4) is 0 Å². The van der Waals surface area contributed by atoms with Crippen molar-refractivity contribution in [3.05, 3.63) is 69.3 Å². The maximum Gasteiger partial charge on any atom is 0.433 e. The number of aliphatic hydroxyl groups excluding tert-OH is 1. The van der Waals surface area contributed by atoms with Crippen LogP contribution in [0.5, 0.6) is 0 Å². The topological polar surface area (TPSA) is 160 Å². The van der Waals surface area contributed by atoms with Gasteiger partial charge in [-0.1, -0.05) is 0 Å². The van der Waals surface area contributed by atoms with E-state index in [0.29, 0.717) is 5.69 Å². The quantitative estimate of drug-likeness (QED) is 0.185. The molecule has 1 heterocycles. The molecule has 0 aliphatic carbocycles. The maximum absolute atomic E-state index is 12.0. The normalized spacial score (nSPS) is 12.2. The SMILES string of the molecule is CC(=O)/C(N=Nc1ccc(C(=O)N/N=C/c2ccc([N+](=O)[O-])o2)cc1)=C(/C)O. The van der Waals surface area contributed by atoms with Gasteiger partial charge in [-0.3, -0.25) is 19.7 Å². The number of furan rings is 1. The molecule has 11 heteroatoms. The Morgan fingerprint density at radius 2 is 1.86 bits per heavy atom. The van der Waals surface area contributed by atoms with Crippen LogP contribution in [0.4, 0.5) is 11.6 Å². The van der Waals surface area contributed by atoms with Gasteiger partial charge in [-0.15, -0.1) is 5.11 Å². The number of azo groups is 1. The number of ketones is 1.